The van der Waals surface area contributed by atoms with Crippen LogP contribution in [0.2, 0.25) is 0 Å². The Kier molecular flexibility index (Phi) is 6.70. The lowest BCUT2D eigenvalue weighted by Crippen LogP contribution is -2.47. The van der Waals surface area contributed by atoms with Crippen LogP contribution in [0.5, 0.6) is 0 Å². The lowest BCUT2D eigenvalue weighted by atomic mass is 9.89. The molecule has 0 bridgehead atoms. The highest BCUT2D eigenvalue weighted by Gasteiger charge is 2.26. The maximum Gasteiger partial charge on any atom is 0.318 e. The number of nitrogens with one attached hydrogen (secondary N) is 1. The van der Waals surface area contributed by atoms with Gasteiger partial charge in [0.05, 0.1) is 6.04 Å². The van der Waals surface area contributed by atoms with Gasteiger partial charge < -0.3 is 11.1 Å². The summed E-state index contributed by atoms with van der Waals surface area (Å²) in [5.41, 5.74) is 9.11. The van der Waals surface area contributed by atoms with Crippen LogP contribution in [0, 0.1) is 0 Å². The number of nitrogens with zero attached hydrogens (tertiary/aromatic N) is 1. The number of hydrogen-bond donors (Lipinski definition) is 2. The van der Waals surface area contributed by atoms with Crippen LogP contribution in [0.3, 0.4) is 0 Å². The Morgan fingerprint density at radius 2 is 1.88 bits per heavy atom. The number of amides is 3. The van der Waals surface area contributed by atoms with Crippen LogP contribution in [0.25, 0.3) is 0 Å². The zero-order chi connectivity index (χ0) is 18.4. The van der Waals surface area contributed by atoms with Gasteiger partial charge in [-0.2, -0.15) is 0 Å². The van der Waals surface area contributed by atoms with Crippen LogP contribution < -0.4 is 11.1 Å². The van der Waals surface area contributed by atoms with E-state index in [4.69, 9.17) is 5.73 Å². The van der Waals surface area contributed by atoms with Crippen molar-refractivity contribution in [2.75, 3.05) is 13.1 Å². The first-order chi connectivity index (χ1) is 12.0. The number of hydrogen-bond acceptors (Lipinski definition) is 4. The van der Waals surface area contributed by atoms with Gasteiger partial charge in [-0.15, -0.1) is 0 Å². The van der Waals surface area contributed by atoms with Gasteiger partial charge in [0.1, 0.15) is 0 Å². The molecule has 1 aromatic carbocycles. The summed E-state index contributed by atoms with van der Waals surface area (Å²) >= 11 is 0. The SMILES string of the molecule is CCC(NC(=O)C(=O)N(CCN)C(C)=O)c1ccc2c(c1)CCCC2. The smallest absolute Gasteiger partial charge is 0.318 e. The van der Waals surface area contributed by atoms with E-state index in [0.29, 0.717) is 6.42 Å². The summed E-state index contributed by atoms with van der Waals surface area (Å²) in [5.74, 6) is -2.10. The Morgan fingerprint density at radius 1 is 1.20 bits per heavy atom. The molecule has 1 unspecified atom stereocenters. The molecule has 2 rings (SSSR count). The zero-order valence-electron chi connectivity index (χ0n) is 15.0. The second kappa shape index (κ2) is 8.76. The molecule has 1 atom stereocenters. The molecule has 0 aromatic heterocycles. The van der Waals surface area contributed by atoms with Gasteiger partial charge in [-0.3, -0.25) is 19.3 Å². The minimum atomic E-state index is -0.852. The molecule has 3 N–H and O–H groups in total. The normalized spacial score (nSPS) is 14.4. The number of fused-ring (bicyclic) bond motifs is 1. The summed E-state index contributed by atoms with van der Waals surface area (Å²) in [4.78, 5) is 36.9. The average molecular weight is 345 g/mol. The summed E-state index contributed by atoms with van der Waals surface area (Å²) in [7, 11) is 0. The summed E-state index contributed by atoms with van der Waals surface area (Å²) in [6.45, 7) is 3.37. The second-order valence-corrected chi connectivity index (χ2v) is 6.43. The molecular formula is C19H27N3O3. The number of benzene rings is 1. The highest BCUT2D eigenvalue weighted by Crippen LogP contribution is 2.26. The van der Waals surface area contributed by atoms with Crippen LogP contribution in [-0.2, 0) is 27.2 Å². The van der Waals surface area contributed by atoms with Crippen molar-refractivity contribution >= 4 is 17.7 Å². The molecule has 0 heterocycles. The molecule has 1 aliphatic rings. The van der Waals surface area contributed by atoms with E-state index in [-0.39, 0.29) is 19.1 Å². The number of nitrogens with two attached hydrogens (primary N) is 1. The highest BCUT2D eigenvalue weighted by molar-refractivity contribution is 6.37. The van der Waals surface area contributed by atoms with Crippen molar-refractivity contribution in [3.63, 3.8) is 0 Å². The first-order valence-electron chi connectivity index (χ1n) is 8.92. The number of rotatable bonds is 5. The molecule has 0 fully saturated rings. The Balaban J connectivity index is 2.12. The van der Waals surface area contributed by atoms with Gasteiger partial charge in [-0.1, -0.05) is 25.1 Å². The standard InChI is InChI=1S/C19H27N3O3/c1-3-17(16-9-8-14-6-4-5-7-15(14)12-16)21-18(24)19(25)22(11-10-20)13(2)23/h8-9,12,17H,3-7,10-11,20H2,1-2H3,(H,21,24). The predicted octanol–water partition coefficient (Wildman–Crippen LogP) is 1.47. The number of imide groups is 1. The predicted molar refractivity (Wildman–Crippen MR) is 95.7 cm³/mol. The fourth-order valence-corrected chi connectivity index (χ4v) is 3.26. The molecule has 0 radical (unpaired) electrons. The van der Waals surface area contributed by atoms with Crippen molar-refractivity contribution in [3.8, 4) is 0 Å². The van der Waals surface area contributed by atoms with E-state index < -0.39 is 17.7 Å². The van der Waals surface area contributed by atoms with E-state index in [1.807, 2.05) is 13.0 Å². The first kappa shape index (κ1) is 19.1. The highest BCUT2D eigenvalue weighted by atomic mass is 16.2. The molecular weight excluding hydrogens is 318 g/mol. The first-order valence-corrected chi connectivity index (χ1v) is 8.92. The molecule has 0 aliphatic heterocycles. The number of carbonyl (C=O) groups is 3. The summed E-state index contributed by atoms with van der Waals surface area (Å²) in [6.07, 6.45) is 5.22. The molecule has 3 amide bonds. The largest absolute Gasteiger partial charge is 0.341 e. The topological polar surface area (TPSA) is 92.5 Å². The third kappa shape index (κ3) is 4.66. The van der Waals surface area contributed by atoms with Crippen molar-refractivity contribution in [1.82, 2.24) is 10.2 Å². The molecule has 0 saturated carbocycles. The Morgan fingerprint density at radius 3 is 2.48 bits per heavy atom. The van der Waals surface area contributed by atoms with Gasteiger partial charge in [0.15, 0.2) is 0 Å². The van der Waals surface area contributed by atoms with Gasteiger partial charge in [-0.05, 0) is 48.8 Å². The summed E-state index contributed by atoms with van der Waals surface area (Å²) in [5, 5.41) is 2.76. The number of carbonyl (C=O) groups excluding carboxylic acids is 3. The van der Waals surface area contributed by atoms with E-state index in [1.165, 1.54) is 30.9 Å². The second-order valence-electron chi connectivity index (χ2n) is 6.43. The van der Waals surface area contributed by atoms with E-state index in [0.717, 1.165) is 23.3 Å². The van der Waals surface area contributed by atoms with Crippen LogP contribution in [0.15, 0.2) is 18.2 Å². The monoisotopic (exact) mass is 345 g/mol. The molecule has 25 heavy (non-hydrogen) atoms. The van der Waals surface area contributed by atoms with E-state index in [9.17, 15) is 14.4 Å². The van der Waals surface area contributed by atoms with Crippen molar-refractivity contribution in [1.29, 1.82) is 0 Å². The van der Waals surface area contributed by atoms with Crippen LogP contribution >= 0.6 is 0 Å². The third-order valence-electron chi connectivity index (χ3n) is 4.66. The van der Waals surface area contributed by atoms with E-state index >= 15 is 0 Å². The Labute approximate surface area is 148 Å². The molecule has 1 aromatic rings. The van der Waals surface area contributed by atoms with Gasteiger partial charge in [0.2, 0.25) is 5.91 Å². The summed E-state index contributed by atoms with van der Waals surface area (Å²) < 4.78 is 0. The minimum Gasteiger partial charge on any atom is -0.341 e. The van der Waals surface area contributed by atoms with Crippen LogP contribution in [0.4, 0.5) is 0 Å². The number of aryl methyl sites for hydroxylation is 2. The van der Waals surface area contributed by atoms with E-state index in [2.05, 4.69) is 17.4 Å². The molecule has 136 valence electrons. The zero-order valence-corrected chi connectivity index (χ0v) is 15.0. The Bertz CT molecular complexity index is 657. The van der Waals surface area contributed by atoms with Crippen molar-refractivity contribution in [2.24, 2.45) is 5.73 Å². The van der Waals surface area contributed by atoms with E-state index in [1.54, 1.807) is 0 Å². The molecule has 0 saturated heterocycles. The van der Waals surface area contributed by atoms with Crippen molar-refractivity contribution < 1.29 is 14.4 Å². The average Bonchev–Trinajstić information content (AvgIpc) is 2.62. The quantitative estimate of drug-likeness (QED) is 0.790. The summed E-state index contributed by atoms with van der Waals surface area (Å²) in [6, 6.07) is 6.02. The lowest BCUT2D eigenvalue weighted by molar-refractivity contribution is -0.152. The minimum absolute atomic E-state index is 0.0389. The molecule has 1 aliphatic carbocycles. The molecule has 6 nitrogen and oxygen atoms in total. The van der Waals surface area contributed by atoms with Gasteiger partial charge in [-0.25, -0.2) is 0 Å². The lowest BCUT2D eigenvalue weighted by Gasteiger charge is -2.23. The van der Waals surface area contributed by atoms with Crippen molar-refractivity contribution in [3.05, 3.63) is 34.9 Å². The van der Waals surface area contributed by atoms with Crippen LogP contribution in [0.1, 0.15) is 55.8 Å². The molecule has 6 heteroatoms. The maximum atomic E-state index is 12.3. The Hall–Kier alpha value is -2.21. The third-order valence-corrected chi connectivity index (χ3v) is 4.66. The fraction of sp³-hybridized carbons (Fsp3) is 0.526. The van der Waals surface area contributed by atoms with Gasteiger partial charge >= 0.3 is 11.8 Å². The van der Waals surface area contributed by atoms with Gasteiger partial charge in [0.25, 0.3) is 0 Å². The van der Waals surface area contributed by atoms with Crippen LogP contribution in [-0.4, -0.2) is 35.7 Å². The fourth-order valence-electron chi connectivity index (χ4n) is 3.26. The maximum absolute atomic E-state index is 12.3. The van der Waals surface area contributed by atoms with Crippen molar-refractivity contribution in [2.45, 2.75) is 52.0 Å². The molecule has 0 spiro atoms. The van der Waals surface area contributed by atoms with Gasteiger partial charge in [0, 0.05) is 20.0 Å².